The molecule has 1 aromatic carbocycles. The number of hydrogen-bond donors (Lipinski definition) is 1. The number of nitrogens with zero attached hydrogens (tertiary/aromatic N) is 1. The molecule has 0 aromatic heterocycles. The van der Waals surface area contributed by atoms with Crippen LogP contribution in [-0.4, -0.2) is 28.9 Å². The summed E-state index contributed by atoms with van der Waals surface area (Å²) in [6, 6.07) is 7.34. The van der Waals surface area contributed by atoms with Crippen molar-refractivity contribution >= 4 is 11.9 Å². The van der Waals surface area contributed by atoms with Crippen LogP contribution in [0.3, 0.4) is 0 Å². The largest absolute Gasteiger partial charge is 0.481 e. The average Bonchev–Trinajstić information content (AvgIpc) is 2.31. The van der Waals surface area contributed by atoms with Gasteiger partial charge in [-0.1, -0.05) is 31.2 Å². The third-order valence-corrected chi connectivity index (χ3v) is 2.76. The van der Waals surface area contributed by atoms with Gasteiger partial charge >= 0.3 is 5.97 Å². The van der Waals surface area contributed by atoms with E-state index < -0.39 is 5.97 Å². The molecule has 0 heterocycles. The molecule has 0 aliphatic carbocycles. The molecular weight excluding hydrogens is 230 g/mol. The fourth-order valence-corrected chi connectivity index (χ4v) is 1.80. The summed E-state index contributed by atoms with van der Waals surface area (Å²) in [5.74, 6) is -0.771. The lowest BCUT2D eigenvalue weighted by molar-refractivity contribution is -0.136. The lowest BCUT2D eigenvalue weighted by Gasteiger charge is -2.18. The molecule has 0 radical (unpaired) electrons. The molecule has 0 saturated carbocycles. The van der Waals surface area contributed by atoms with Gasteiger partial charge in [0.2, 0.25) is 5.91 Å². The molecule has 18 heavy (non-hydrogen) atoms. The molecule has 0 fully saturated rings. The molecular formula is C14H19NO3. The Kier molecular flexibility index (Phi) is 5.36. The van der Waals surface area contributed by atoms with E-state index in [0.29, 0.717) is 13.0 Å². The van der Waals surface area contributed by atoms with Crippen LogP contribution in [-0.2, 0) is 22.6 Å². The van der Waals surface area contributed by atoms with E-state index in [4.69, 9.17) is 5.11 Å². The number of carboxylic acid groups (broad SMARTS) is 1. The highest BCUT2D eigenvalue weighted by Gasteiger charge is 2.11. The van der Waals surface area contributed by atoms with Crippen LogP contribution in [0.1, 0.15) is 30.9 Å². The summed E-state index contributed by atoms with van der Waals surface area (Å²) in [6.45, 7) is 2.42. The van der Waals surface area contributed by atoms with Crippen molar-refractivity contribution < 1.29 is 14.7 Å². The van der Waals surface area contributed by atoms with Crippen LogP contribution in [0.25, 0.3) is 0 Å². The van der Waals surface area contributed by atoms with Crippen LogP contribution in [0.15, 0.2) is 24.3 Å². The summed E-state index contributed by atoms with van der Waals surface area (Å²) in [5, 5.41) is 8.84. The topological polar surface area (TPSA) is 57.6 Å². The van der Waals surface area contributed by atoms with Crippen LogP contribution >= 0.6 is 0 Å². The van der Waals surface area contributed by atoms with Crippen molar-refractivity contribution in [1.29, 1.82) is 0 Å². The third-order valence-electron chi connectivity index (χ3n) is 2.76. The highest BCUT2D eigenvalue weighted by Crippen LogP contribution is 2.12. The maximum atomic E-state index is 11.7. The van der Waals surface area contributed by atoms with Gasteiger partial charge in [-0.25, -0.2) is 0 Å². The van der Waals surface area contributed by atoms with E-state index in [-0.39, 0.29) is 12.3 Å². The SMILES string of the molecule is CCCC(=O)N(C)Cc1ccccc1CC(=O)O. The molecule has 0 unspecified atom stereocenters. The molecule has 1 N–H and O–H groups in total. The Morgan fingerprint density at radius 1 is 1.22 bits per heavy atom. The minimum atomic E-state index is -0.856. The summed E-state index contributed by atoms with van der Waals surface area (Å²) >= 11 is 0. The first-order valence-corrected chi connectivity index (χ1v) is 6.07. The Morgan fingerprint density at radius 2 is 1.83 bits per heavy atom. The number of carbonyl (C=O) groups excluding carboxylic acids is 1. The Labute approximate surface area is 107 Å². The zero-order valence-electron chi connectivity index (χ0n) is 10.8. The molecule has 0 aliphatic heterocycles. The number of carbonyl (C=O) groups is 2. The highest BCUT2D eigenvalue weighted by molar-refractivity contribution is 5.76. The number of amides is 1. The van der Waals surface area contributed by atoms with Gasteiger partial charge in [0, 0.05) is 20.0 Å². The molecule has 4 heteroatoms. The molecule has 98 valence electrons. The fraction of sp³-hybridized carbons (Fsp3) is 0.429. The molecule has 0 aliphatic rings. The van der Waals surface area contributed by atoms with Gasteiger partial charge in [0.1, 0.15) is 0 Å². The van der Waals surface area contributed by atoms with Crippen molar-refractivity contribution in [1.82, 2.24) is 4.90 Å². The maximum Gasteiger partial charge on any atom is 0.307 e. The predicted molar refractivity (Wildman–Crippen MR) is 69.2 cm³/mol. The summed E-state index contributed by atoms with van der Waals surface area (Å²) in [7, 11) is 1.75. The quantitative estimate of drug-likeness (QED) is 0.839. The van der Waals surface area contributed by atoms with E-state index in [1.807, 2.05) is 25.1 Å². The summed E-state index contributed by atoms with van der Waals surface area (Å²) in [5.41, 5.74) is 1.66. The van der Waals surface area contributed by atoms with Crippen LogP contribution in [0.2, 0.25) is 0 Å². The number of aliphatic carboxylic acids is 1. The lowest BCUT2D eigenvalue weighted by Crippen LogP contribution is -2.26. The van der Waals surface area contributed by atoms with Crippen LogP contribution in [0.4, 0.5) is 0 Å². The van der Waals surface area contributed by atoms with Crippen molar-refractivity contribution in [2.45, 2.75) is 32.7 Å². The average molecular weight is 249 g/mol. The standard InChI is InChI=1S/C14H19NO3/c1-3-6-13(16)15(2)10-12-8-5-4-7-11(12)9-14(17)18/h4-5,7-8H,3,6,9-10H2,1-2H3,(H,17,18). The van der Waals surface area contributed by atoms with Gasteiger partial charge in [-0.3, -0.25) is 9.59 Å². The van der Waals surface area contributed by atoms with Crippen molar-refractivity contribution in [3.8, 4) is 0 Å². The van der Waals surface area contributed by atoms with E-state index in [9.17, 15) is 9.59 Å². The molecule has 1 amide bonds. The first-order valence-electron chi connectivity index (χ1n) is 6.07. The van der Waals surface area contributed by atoms with E-state index in [1.165, 1.54) is 0 Å². The van der Waals surface area contributed by atoms with Gasteiger partial charge in [0.05, 0.1) is 6.42 Å². The Hall–Kier alpha value is -1.84. The Morgan fingerprint density at radius 3 is 2.39 bits per heavy atom. The number of benzene rings is 1. The first-order chi connectivity index (χ1) is 8.54. The van der Waals surface area contributed by atoms with Gasteiger partial charge in [-0.15, -0.1) is 0 Å². The van der Waals surface area contributed by atoms with E-state index >= 15 is 0 Å². The zero-order chi connectivity index (χ0) is 13.5. The van der Waals surface area contributed by atoms with Crippen molar-refractivity contribution in [2.75, 3.05) is 7.05 Å². The molecule has 0 saturated heterocycles. The summed E-state index contributed by atoms with van der Waals surface area (Å²) in [4.78, 5) is 24.1. The molecule has 0 atom stereocenters. The molecule has 4 nitrogen and oxygen atoms in total. The third kappa shape index (κ3) is 4.20. The van der Waals surface area contributed by atoms with E-state index in [0.717, 1.165) is 17.5 Å². The normalized spacial score (nSPS) is 10.1. The van der Waals surface area contributed by atoms with Gasteiger partial charge in [0.25, 0.3) is 0 Å². The second kappa shape index (κ2) is 6.79. The fourth-order valence-electron chi connectivity index (χ4n) is 1.80. The maximum absolute atomic E-state index is 11.7. The zero-order valence-corrected chi connectivity index (χ0v) is 10.8. The number of rotatable bonds is 6. The Balaban J connectivity index is 2.77. The minimum Gasteiger partial charge on any atom is -0.481 e. The van der Waals surface area contributed by atoms with Gasteiger partial charge in [-0.2, -0.15) is 0 Å². The van der Waals surface area contributed by atoms with Crippen molar-refractivity contribution in [3.05, 3.63) is 35.4 Å². The monoisotopic (exact) mass is 249 g/mol. The minimum absolute atomic E-state index is 0.00795. The second-order valence-corrected chi connectivity index (χ2v) is 4.34. The predicted octanol–water partition coefficient (Wildman–Crippen LogP) is 2.07. The summed E-state index contributed by atoms with van der Waals surface area (Å²) in [6.07, 6.45) is 1.34. The molecule has 1 aromatic rings. The molecule has 1 rings (SSSR count). The smallest absolute Gasteiger partial charge is 0.307 e. The first kappa shape index (κ1) is 14.2. The van der Waals surface area contributed by atoms with Gasteiger partial charge in [-0.05, 0) is 17.5 Å². The van der Waals surface area contributed by atoms with Crippen LogP contribution < -0.4 is 0 Å². The van der Waals surface area contributed by atoms with Crippen LogP contribution in [0, 0.1) is 0 Å². The Bertz CT molecular complexity index is 429. The van der Waals surface area contributed by atoms with E-state index in [2.05, 4.69) is 0 Å². The molecule has 0 spiro atoms. The highest BCUT2D eigenvalue weighted by atomic mass is 16.4. The van der Waals surface area contributed by atoms with Crippen molar-refractivity contribution in [2.24, 2.45) is 0 Å². The van der Waals surface area contributed by atoms with E-state index in [1.54, 1.807) is 18.0 Å². The van der Waals surface area contributed by atoms with Crippen molar-refractivity contribution in [3.63, 3.8) is 0 Å². The number of carboxylic acids is 1. The molecule has 0 bridgehead atoms. The number of hydrogen-bond acceptors (Lipinski definition) is 2. The lowest BCUT2D eigenvalue weighted by atomic mass is 10.0. The summed E-state index contributed by atoms with van der Waals surface area (Å²) < 4.78 is 0. The van der Waals surface area contributed by atoms with Crippen LogP contribution in [0.5, 0.6) is 0 Å². The second-order valence-electron chi connectivity index (χ2n) is 4.34. The van der Waals surface area contributed by atoms with Gasteiger partial charge in [0.15, 0.2) is 0 Å². The van der Waals surface area contributed by atoms with Gasteiger partial charge < -0.3 is 10.0 Å².